The van der Waals surface area contributed by atoms with Crippen molar-refractivity contribution in [2.45, 2.75) is 255 Å². The van der Waals surface area contributed by atoms with E-state index in [1.165, 1.54) is 107 Å². The Hall–Kier alpha value is -5.85. The Morgan fingerprint density at radius 3 is 1.17 bits per heavy atom. The van der Waals surface area contributed by atoms with E-state index >= 15 is 0 Å². The SMILES string of the molecule is C=C1N(C(C)(C)C)C(c2ccc(Cl)cc2)C12CCNCC2.CC(C)(C)N1CC2(CCCC2)[C@H]1c1ccccc1.CC(C)(C)c1ccc(F)cc1.CC(C)(C)c1ccccc1.Cc1ccc(C(C)(C)C)cc1.Cc1ccc(C(C)(C)C)cc1.Cc1ccc(C(C)(C)C)cc1F. The number of likely N-dealkylation sites (tertiary alicyclic amines) is 2. The minimum Gasteiger partial charge on any atom is -0.362 e. The third kappa shape index (κ3) is 22.4. The van der Waals surface area contributed by atoms with E-state index in [0.717, 1.165) is 23.7 Å². The van der Waals surface area contributed by atoms with Gasteiger partial charge in [0, 0.05) is 45.2 Å². The lowest BCUT2D eigenvalue weighted by Crippen LogP contribution is -2.64. The molecule has 1 N–H and O–H groups in total. The molecular formula is C88H124ClF2N3. The van der Waals surface area contributed by atoms with Crippen LogP contribution in [0.15, 0.2) is 188 Å². The van der Waals surface area contributed by atoms with Crippen LogP contribution < -0.4 is 5.32 Å². The summed E-state index contributed by atoms with van der Waals surface area (Å²) in [6, 6.07) is 60.7. The topological polar surface area (TPSA) is 18.5 Å². The van der Waals surface area contributed by atoms with Crippen LogP contribution in [0.2, 0.25) is 5.02 Å². The standard InChI is InChI=1S/C18H25ClN2.C17H25N.C11H15F.2C11H16.C10H13F.C10H14/c1-13-18(9-11-20-12-10-18)16(21(13)17(2,3)4)14-5-7-15(19)8-6-14;1-16(2,3)18-13-17(11-7-8-12-17)15(18)14-9-5-4-6-10-14;1-8-5-6-9(7-10(8)12)11(2,3)4;2*1-9-5-7-10(8-6-9)11(2,3)4;1-10(2,3)8-4-6-9(11)7-5-8;1-10(2,3)9-7-5-4-6-8-9/h5-8,16,20H,1,9-12H2,2-4H3;4-6,9-10,15H,7-8,11-13H2,1-3H3;5-7H,1-4H3;2*5-8H,1-4H3;4-7H,1-3H3;4-8H,1-3H3/t;15-;;;;;/m.1...../s1. The van der Waals surface area contributed by atoms with Crippen molar-refractivity contribution in [3.05, 3.63) is 260 Å². The number of hydrogen-bond donors (Lipinski definition) is 1. The van der Waals surface area contributed by atoms with Crippen LogP contribution in [-0.2, 0) is 27.1 Å². The van der Waals surface area contributed by atoms with Gasteiger partial charge in [0.2, 0.25) is 0 Å². The largest absolute Gasteiger partial charge is 0.362 e. The lowest BCUT2D eigenvalue weighted by molar-refractivity contribution is -0.125. The molecule has 3 nitrogen and oxygen atoms in total. The van der Waals surface area contributed by atoms with Crippen LogP contribution >= 0.6 is 11.6 Å². The molecule has 7 aromatic rings. The van der Waals surface area contributed by atoms with Gasteiger partial charge in [-0.2, -0.15) is 0 Å². The first-order valence-corrected chi connectivity index (χ1v) is 35.3. The number of hydrogen-bond acceptors (Lipinski definition) is 3. The summed E-state index contributed by atoms with van der Waals surface area (Å²) in [6.45, 7) is 60.5. The minimum absolute atomic E-state index is 0.0362. The molecule has 1 unspecified atom stereocenters. The average molecular weight is 1300 g/mol. The number of halogens is 3. The molecule has 0 amide bonds. The predicted octanol–water partition coefficient (Wildman–Crippen LogP) is 24.9. The van der Waals surface area contributed by atoms with Gasteiger partial charge in [-0.25, -0.2) is 8.78 Å². The van der Waals surface area contributed by atoms with E-state index in [9.17, 15) is 8.78 Å². The fraction of sp³-hybridized carbons (Fsp3) is 0.500. The van der Waals surface area contributed by atoms with Gasteiger partial charge in [0.05, 0.1) is 6.04 Å². The summed E-state index contributed by atoms with van der Waals surface area (Å²) in [6.07, 6.45) is 8.07. The van der Waals surface area contributed by atoms with Crippen molar-refractivity contribution in [3.63, 3.8) is 0 Å². The van der Waals surface area contributed by atoms with Gasteiger partial charge >= 0.3 is 0 Å². The van der Waals surface area contributed by atoms with E-state index in [1.54, 1.807) is 13.0 Å². The zero-order valence-electron chi connectivity index (χ0n) is 63.0. The predicted molar refractivity (Wildman–Crippen MR) is 406 cm³/mol. The maximum atomic E-state index is 13.1. The van der Waals surface area contributed by atoms with E-state index in [-0.39, 0.29) is 49.8 Å². The lowest BCUT2D eigenvalue weighted by Gasteiger charge is -2.66. The van der Waals surface area contributed by atoms with Gasteiger partial charge in [-0.15, -0.1) is 0 Å². The summed E-state index contributed by atoms with van der Waals surface area (Å²) in [5.74, 6) is -0.277. The third-order valence-electron chi connectivity index (χ3n) is 19.2. The molecule has 6 heteroatoms. The number of benzene rings is 7. The highest BCUT2D eigenvalue weighted by Gasteiger charge is 2.59. The Kier molecular flexibility index (Phi) is 27.2. The Labute approximate surface area is 578 Å². The molecule has 3 saturated heterocycles. The van der Waals surface area contributed by atoms with Crippen molar-refractivity contribution in [3.8, 4) is 0 Å². The Morgan fingerprint density at radius 2 is 0.798 bits per heavy atom. The molecular weight excluding hydrogens is 1170 g/mol. The van der Waals surface area contributed by atoms with Crippen molar-refractivity contribution in [1.29, 1.82) is 0 Å². The number of rotatable bonds is 2. The monoisotopic (exact) mass is 1300 g/mol. The van der Waals surface area contributed by atoms with Gasteiger partial charge in [0.1, 0.15) is 11.6 Å². The summed E-state index contributed by atoms with van der Waals surface area (Å²) in [5.41, 5.74) is 16.2. The van der Waals surface area contributed by atoms with Crippen LogP contribution in [-0.4, -0.2) is 40.5 Å². The molecule has 1 aliphatic carbocycles. The van der Waals surface area contributed by atoms with E-state index < -0.39 is 0 Å². The van der Waals surface area contributed by atoms with Crippen LogP contribution in [0, 0.1) is 43.2 Å². The normalized spacial score (nSPS) is 17.6. The lowest BCUT2D eigenvalue weighted by atomic mass is 9.59. The second-order valence-corrected chi connectivity index (χ2v) is 34.8. The van der Waals surface area contributed by atoms with Crippen molar-refractivity contribution in [2.24, 2.45) is 10.8 Å². The summed E-state index contributed by atoms with van der Waals surface area (Å²) in [4.78, 5) is 5.20. The van der Waals surface area contributed by atoms with Crippen LogP contribution in [0.4, 0.5) is 8.78 Å². The molecule has 512 valence electrons. The second-order valence-electron chi connectivity index (χ2n) is 34.3. The molecule has 0 aromatic heterocycles. The van der Waals surface area contributed by atoms with Crippen molar-refractivity contribution in [1.82, 2.24) is 15.1 Å². The highest BCUT2D eigenvalue weighted by atomic mass is 35.5. The number of piperidine rings is 1. The fourth-order valence-corrected chi connectivity index (χ4v) is 13.3. The number of nitrogens with zero attached hydrogens (tertiary/aromatic N) is 2. The van der Waals surface area contributed by atoms with E-state index in [4.69, 9.17) is 11.6 Å². The third-order valence-corrected chi connectivity index (χ3v) is 19.5. The minimum atomic E-state index is -0.169. The van der Waals surface area contributed by atoms with Gasteiger partial charge < -0.3 is 10.2 Å². The molecule has 2 spiro atoms. The molecule has 4 aliphatic rings. The Morgan fingerprint density at radius 1 is 0.426 bits per heavy atom. The first kappa shape index (κ1) is 78.8. The molecule has 94 heavy (non-hydrogen) atoms. The van der Waals surface area contributed by atoms with Gasteiger partial charge in [-0.05, 0) is 203 Å². The van der Waals surface area contributed by atoms with Crippen LogP contribution in [0.25, 0.3) is 0 Å². The quantitative estimate of drug-likeness (QED) is 0.186. The van der Waals surface area contributed by atoms with E-state index in [1.807, 2.05) is 36.4 Å². The molecule has 11 rings (SSSR count). The maximum absolute atomic E-state index is 13.1. The molecule has 3 heterocycles. The molecule has 0 bridgehead atoms. The smallest absolute Gasteiger partial charge is 0.126 e. The van der Waals surface area contributed by atoms with Crippen molar-refractivity contribution < 1.29 is 8.78 Å². The van der Waals surface area contributed by atoms with Crippen LogP contribution in [0.1, 0.15) is 252 Å². The summed E-state index contributed by atoms with van der Waals surface area (Å²) < 4.78 is 25.6. The first-order chi connectivity index (χ1) is 43.4. The summed E-state index contributed by atoms with van der Waals surface area (Å²) >= 11 is 6.07. The van der Waals surface area contributed by atoms with Gasteiger partial charge in [0.25, 0.3) is 0 Å². The molecule has 4 fully saturated rings. The zero-order valence-corrected chi connectivity index (χ0v) is 63.8. The molecule has 1 saturated carbocycles. The van der Waals surface area contributed by atoms with E-state index in [0.29, 0.717) is 28.5 Å². The van der Waals surface area contributed by atoms with Crippen LogP contribution in [0.3, 0.4) is 0 Å². The highest BCUT2D eigenvalue weighted by Crippen LogP contribution is 2.63. The fourth-order valence-electron chi connectivity index (χ4n) is 13.2. The van der Waals surface area contributed by atoms with Crippen molar-refractivity contribution in [2.75, 3.05) is 19.6 Å². The zero-order chi connectivity index (χ0) is 70.5. The molecule has 2 atom stereocenters. The maximum Gasteiger partial charge on any atom is 0.126 e. The average Bonchev–Trinajstić information content (AvgIpc) is 0.818. The molecule has 0 radical (unpaired) electrons. The van der Waals surface area contributed by atoms with E-state index in [2.05, 4.69) is 302 Å². The Balaban J connectivity index is 0.000000203. The van der Waals surface area contributed by atoms with Crippen molar-refractivity contribution >= 4 is 11.6 Å². The number of nitrogens with one attached hydrogen (secondary N) is 1. The summed E-state index contributed by atoms with van der Waals surface area (Å²) in [7, 11) is 0. The number of aryl methyl sites for hydroxylation is 3. The molecule has 3 aliphatic heterocycles. The van der Waals surface area contributed by atoms with Gasteiger partial charge in [-0.3, -0.25) is 4.90 Å². The second kappa shape index (κ2) is 32.5. The highest BCUT2D eigenvalue weighted by molar-refractivity contribution is 6.30. The molecule has 7 aromatic carbocycles. The Bertz CT molecular complexity index is 3250. The van der Waals surface area contributed by atoms with Gasteiger partial charge in [-0.1, -0.05) is 292 Å². The summed E-state index contributed by atoms with van der Waals surface area (Å²) in [5, 5.41) is 4.29. The van der Waals surface area contributed by atoms with Crippen LogP contribution in [0.5, 0.6) is 0 Å². The first-order valence-electron chi connectivity index (χ1n) is 34.9. The van der Waals surface area contributed by atoms with Gasteiger partial charge in [0.15, 0.2) is 0 Å².